The third kappa shape index (κ3) is 3.97. The fourth-order valence-electron chi connectivity index (χ4n) is 4.86. The minimum absolute atomic E-state index is 0.0476. The van der Waals surface area contributed by atoms with Crippen molar-refractivity contribution in [2.24, 2.45) is 0 Å². The van der Waals surface area contributed by atoms with Gasteiger partial charge >= 0.3 is 0 Å². The van der Waals surface area contributed by atoms with Crippen LogP contribution in [0.15, 0.2) is 6.33 Å². The molecule has 158 valence electrons. The molecular formula is C22H32N4O3. The smallest absolute Gasteiger partial charge is 0.248 e. The first-order chi connectivity index (χ1) is 14.1. The molecule has 1 saturated heterocycles. The zero-order valence-corrected chi connectivity index (χ0v) is 17.8. The summed E-state index contributed by atoms with van der Waals surface area (Å²) in [6.07, 6.45) is 9.67. The number of hydrogen-bond acceptors (Lipinski definition) is 5. The number of carbonyl (C=O) groups is 1. The van der Waals surface area contributed by atoms with Crippen LogP contribution in [0.4, 0.5) is 0 Å². The number of rotatable bonds is 5. The molecule has 4 rings (SSSR count). The highest BCUT2D eigenvalue weighted by molar-refractivity contribution is 5.86. The summed E-state index contributed by atoms with van der Waals surface area (Å²) < 4.78 is 13.7. The molecule has 2 aromatic heterocycles. The van der Waals surface area contributed by atoms with Crippen molar-refractivity contribution in [3.63, 3.8) is 0 Å². The molecule has 0 unspecified atom stereocenters. The quantitative estimate of drug-likeness (QED) is 0.767. The molecule has 1 aliphatic heterocycles. The van der Waals surface area contributed by atoms with E-state index in [-0.39, 0.29) is 18.6 Å². The first kappa shape index (κ1) is 20.1. The normalized spacial score (nSPS) is 19.1. The van der Waals surface area contributed by atoms with E-state index in [0.717, 1.165) is 23.9 Å². The molecule has 7 nitrogen and oxygen atoms in total. The summed E-state index contributed by atoms with van der Waals surface area (Å²) in [6.45, 7) is 5.88. The highest BCUT2D eigenvalue weighted by atomic mass is 16.5. The van der Waals surface area contributed by atoms with Crippen LogP contribution in [-0.2, 0) is 9.53 Å². The lowest BCUT2D eigenvalue weighted by Crippen LogP contribution is -2.43. The Bertz CT molecular complexity index is 865. The van der Waals surface area contributed by atoms with Crippen LogP contribution in [-0.4, -0.2) is 58.3 Å². The molecule has 0 aromatic carbocycles. The number of nitrogens with zero attached hydrogens (tertiary/aromatic N) is 4. The average molecular weight is 401 g/mol. The molecule has 7 heteroatoms. The molecule has 2 aromatic rings. The first-order valence-electron chi connectivity index (χ1n) is 10.9. The minimum Gasteiger partial charge on any atom is -0.474 e. The SMILES string of the molecule is COCC(=O)N1CCC(Oc2ncnc3c2c(C)c(C)n3C2CCCCC2)CC1. The van der Waals surface area contributed by atoms with Gasteiger partial charge in [0, 0.05) is 44.8 Å². The Morgan fingerprint density at radius 3 is 2.52 bits per heavy atom. The third-order valence-corrected chi connectivity index (χ3v) is 6.58. The molecule has 0 radical (unpaired) electrons. The van der Waals surface area contributed by atoms with E-state index in [9.17, 15) is 4.79 Å². The Morgan fingerprint density at radius 2 is 1.83 bits per heavy atom. The van der Waals surface area contributed by atoms with Gasteiger partial charge in [0.05, 0.1) is 5.39 Å². The summed E-state index contributed by atoms with van der Waals surface area (Å²) in [7, 11) is 1.55. The van der Waals surface area contributed by atoms with E-state index in [2.05, 4.69) is 28.4 Å². The van der Waals surface area contributed by atoms with Crippen molar-refractivity contribution in [1.82, 2.24) is 19.4 Å². The minimum atomic E-state index is 0.0476. The van der Waals surface area contributed by atoms with Gasteiger partial charge in [0.2, 0.25) is 11.8 Å². The largest absolute Gasteiger partial charge is 0.474 e. The van der Waals surface area contributed by atoms with Crippen molar-refractivity contribution >= 4 is 16.9 Å². The number of aryl methyl sites for hydroxylation is 1. The highest BCUT2D eigenvalue weighted by Gasteiger charge is 2.27. The van der Waals surface area contributed by atoms with Crippen LogP contribution in [0.25, 0.3) is 11.0 Å². The van der Waals surface area contributed by atoms with Gasteiger partial charge in [-0.2, -0.15) is 0 Å². The van der Waals surface area contributed by atoms with Crippen molar-refractivity contribution in [3.05, 3.63) is 17.6 Å². The first-order valence-corrected chi connectivity index (χ1v) is 10.9. The molecule has 2 fully saturated rings. The molecular weight excluding hydrogens is 368 g/mol. The highest BCUT2D eigenvalue weighted by Crippen LogP contribution is 2.37. The predicted molar refractivity (Wildman–Crippen MR) is 111 cm³/mol. The molecule has 2 aliphatic rings. The molecule has 0 N–H and O–H groups in total. The lowest BCUT2D eigenvalue weighted by Gasteiger charge is -2.31. The second kappa shape index (κ2) is 8.69. The zero-order chi connectivity index (χ0) is 20.4. The number of ether oxygens (including phenoxy) is 2. The van der Waals surface area contributed by atoms with Crippen molar-refractivity contribution in [1.29, 1.82) is 0 Å². The van der Waals surface area contributed by atoms with E-state index >= 15 is 0 Å². The number of methoxy groups -OCH3 is 1. The van der Waals surface area contributed by atoms with Crippen LogP contribution in [0, 0.1) is 13.8 Å². The van der Waals surface area contributed by atoms with E-state index in [0.29, 0.717) is 25.0 Å². The Labute approximate surface area is 172 Å². The second-order valence-electron chi connectivity index (χ2n) is 8.38. The number of hydrogen-bond donors (Lipinski definition) is 0. The van der Waals surface area contributed by atoms with E-state index < -0.39 is 0 Å². The van der Waals surface area contributed by atoms with Crippen molar-refractivity contribution in [2.75, 3.05) is 26.8 Å². The van der Waals surface area contributed by atoms with Gasteiger partial charge in [-0.25, -0.2) is 9.97 Å². The van der Waals surface area contributed by atoms with Crippen LogP contribution in [0.5, 0.6) is 5.88 Å². The Kier molecular flexibility index (Phi) is 6.04. The van der Waals surface area contributed by atoms with Gasteiger partial charge in [0.1, 0.15) is 24.7 Å². The van der Waals surface area contributed by atoms with Crippen molar-refractivity contribution in [2.45, 2.75) is 70.9 Å². The van der Waals surface area contributed by atoms with Crippen molar-refractivity contribution < 1.29 is 14.3 Å². The van der Waals surface area contributed by atoms with Gasteiger partial charge in [0.15, 0.2) is 0 Å². The van der Waals surface area contributed by atoms with Crippen LogP contribution < -0.4 is 4.74 Å². The summed E-state index contributed by atoms with van der Waals surface area (Å²) in [6, 6.07) is 0.526. The van der Waals surface area contributed by atoms with Crippen molar-refractivity contribution in [3.8, 4) is 5.88 Å². The molecule has 0 atom stereocenters. The number of carbonyl (C=O) groups excluding carboxylic acids is 1. The molecule has 29 heavy (non-hydrogen) atoms. The van der Waals surface area contributed by atoms with Gasteiger partial charge in [-0.1, -0.05) is 19.3 Å². The Morgan fingerprint density at radius 1 is 1.10 bits per heavy atom. The summed E-state index contributed by atoms with van der Waals surface area (Å²) in [4.78, 5) is 23.0. The van der Waals surface area contributed by atoms with E-state index in [1.807, 2.05) is 4.90 Å². The fourth-order valence-corrected chi connectivity index (χ4v) is 4.86. The maximum Gasteiger partial charge on any atom is 0.248 e. The standard InChI is InChI=1S/C22H32N4O3/c1-15-16(2)26(17-7-5-4-6-8-17)21-20(15)22(24-14-23-21)29-18-9-11-25(12-10-18)19(27)13-28-3/h14,17-18H,4-13H2,1-3H3. The summed E-state index contributed by atoms with van der Waals surface area (Å²) >= 11 is 0. The Hall–Kier alpha value is -2.15. The maximum atomic E-state index is 12.0. The van der Waals surface area contributed by atoms with Gasteiger partial charge in [0.25, 0.3) is 0 Å². The van der Waals surface area contributed by atoms with Crippen LogP contribution >= 0.6 is 0 Å². The number of fused-ring (bicyclic) bond motifs is 1. The topological polar surface area (TPSA) is 69.5 Å². The lowest BCUT2D eigenvalue weighted by atomic mass is 9.95. The zero-order valence-electron chi connectivity index (χ0n) is 17.8. The molecule has 0 bridgehead atoms. The predicted octanol–water partition coefficient (Wildman–Crippen LogP) is 3.57. The van der Waals surface area contributed by atoms with Gasteiger partial charge in [-0.15, -0.1) is 0 Å². The third-order valence-electron chi connectivity index (χ3n) is 6.58. The summed E-state index contributed by atoms with van der Waals surface area (Å²) in [5.74, 6) is 0.734. The molecule has 1 amide bonds. The van der Waals surface area contributed by atoms with Gasteiger partial charge in [-0.3, -0.25) is 4.79 Å². The number of amides is 1. The summed E-state index contributed by atoms with van der Waals surface area (Å²) in [5, 5.41) is 1.05. The summed E-state index contributed by atoms with van der Waals surface area (Å²) in [5.41, 5.74) is 3.50. The monoisotopic (exact) mass is 400 g/mol. The number of likely N-dealkylation sites (tertiary alicyclic amines) is 1. The van der Waals surface area contributed by atoms with Gasteiger partial charge in [-0.05, 0) is 32.3 Å². The maximum absolute atomic E-state index is 12.0. The fraction of sp³-hybridized carbons (Fsp3) is 0.682. The number of aromatic nitrogens is 3. The number of piperidine rings is 1. The lowest BCUT2D eigenvalue weighted by molar-refractivity contribution is -0.136. The van der Waals surface area contributed by atoms with Crippen LogP contribution in [0.2, 0.25) is 0 Å². The Balaban J connectivity index is 1.54. The van der Waals surface area contributed by atoms with E-state index in [1.165, 1.54) is 43.4 Å². The molecule has 1 saturated carbocycles. The van der Waals surface area contributed by atoms with E-state index in [4.69, 9.17) is 9.47 Å². The van der Waals surface area contributed by atoms with E-state index in [1.54, 1.807) is 13.4 Å². The second-order valence-corrected chi connectivity index (χ2v) is 8.38. The van der Waals surface area contributed by atoms with Crippen LogP contribution in [0.3, 0.4) is 0 Å². The molecule has 3 heterocycles. The van der Waals surface area contributed by atoms with Crippen LogP contribution in [0.1, 0.15) is 62.2 Å². The molecule has 0 spiro atoms. The molecule has 1 aliphatic carbocycles. The van der Waals surface area contributed by atoms with Gasteiger partial charge < -0.3 is 18.9 Å². The average Bonchev–Trinajstić information content (AvgIpc) is 3.00.